The van der Waals surface area contributed by atoms with Crippen LogP contribution in [0.1, 0.15) is 178 Å². The van der Waals surface area contributed by atoms with Gasteiger partial charge in [0.1, 0.15) is 5.82 Å². The highest BCUT2D eigenvalue weighted by molar-refractivity contribution is 7.12. The molecule has 0 radical (unpaired) electrons. The molecule has 1 aliphatic heterocycles. The van der Waals surface area contributed by atoms with Crippen molar-refractivity contribution >= 4 is 55.9 Å². The second-order valence-corrected chi connectivity index (χ2v) is 21.9. The first kappa shape index (κ1) is 49.3. The lowest BCUT2D eigenvalue weighted by atomic mass is 9.81. The van der Waals surface area contributed by atoms with E-state index >= 15 is 0 Å². The normalized spacial score (nSPS) is 17.6. The number of nitrogens with zero attached hydrogens (tertiary/aromatic N) is 4. The molecule has 7 aromatic rings. The Morgan fingerprint density at radius 3 is 2.21 bits per heavy atom. The molecule has 4 aromatic heterocycles. The summed E-state index contributed by atoms with van der Waals surface area (Å²) in [4.78, 5) is 41.6. The Hall–Kier alpha value is -5.12. The summed E-state index contributed by atoms with van der Waals surface area (Å²) in [7, 11) is 0. The van der Waals surface area contributed by atoms with E-state index in [4.69, 9.17) is 10.1 Å². The van der Waals surface area contributed by atoms with Crippen molar-refractivity contribution in [3.05, 3.63) is 105 Å². The van der Waals surface area contributed by atoms with Gasteiger partial charge < -0.3 is 19.6 Å². The third-order valence-corrected chi connectivity index (χ3v) is 16.4. The summed E-state index contributed by atoms with van der Waals surface area (Å²) in [6.07, 6.45) is 17.9. The lowest BCUT2D eigenvalue weighted by molar-refractivity contribution is 0.0696. The van der Waals surface area contributed by atoms with Crippen molar-refractivity contribution in [2.45, 2.75) is 163 Å². The maximum Gasteiger partial charge on any atom is 0.335 e. The van der Waals surface area contributed by atoms with Crippen LogP contribution in [0.5, 0.6) is 0 Å². The number of ketones is 1. The number of imidazole rings is 1. The van der Waals surface area contributed by atoms with E-state index in [0.717, 1.165) is 65.4 Å². The Kier molecular flexibility index (Phi) is 15.7. The number of aromatic carboxylic acids is 1. The zero-order valence-electron chi connectivity index (χ0n) is 42.2. The van der Waals surface area contributed by atoms with Gasteiger partial charge in [0.2, 0.25) is 0 Å². The number of rotatable bonds is 11. The molecule has 1 atom stereocenters. The van der Waals surface area contributed by atoms with Gasteiger partial charge in [0.05, 0.1) is 33.5 Å². The number of aromatic amines is 1. The van der Waals surface area contributed by atoms with E-state index in [1.807, 2.05) is 17.4 Å². The van der Waals surface area contributed by atoms with Gasteiger partial charge >= 0.3 is 5.97 Å². The van der Waals surface area contributed by atoms with E-state index in [9.17, 15) is 9.59 Å². The molecule has 9 heteroatoms. The first-order valence-electron chi connectivity index (χ1n) is 25.9. The van der Waals surface area contributed by atoms with E-state index < -0.39 is 5.97 Å². The molecule has 10 rings (SSSR count). The summed E-state index contributed by atoms with van der Waals surface area (Å²) in [5.41, 5.74) is 12.9. The summed E-state index contributed by atoms with van der Waals surface area (Å²) in [5, 5.41) is 11.5. The number of likely N-dealkylation sites (tertiary alicyclic amines) is 1. The maximum atomic E-state index is 12.4. The molecule has 3 aliphatic rings. The van der Waals surface area contributed by atoms with Crippen LogP contribution in [0.3, 0.4) is 0 Å². The number of carbonyl (C=O) groups excluding carboxylic acids is 1. The zero-order valence-corrected chi connectivity index (χ0v) is 43.0. The third-order valence-electron chi connectivity index (χ3n) is 15.4. The smallest absolute Gasteiger partial charge is 0.335 e. The van der Waals surface area contributed by atoms with Crippen LogP contribution < -0.4 is 0 Å². The topological polar surface area (TPSA) is 104 Å². The third kappa shape index (κ3) is 10.5. The number of benzene rings is 3. The van der Waals surface area contributed by atoms with Crippen molar-refractivity contribution in [3.63, 3.8) is 0 Å². The Balaban J connectivity index is 0.000000176. The number of fused-ring (bicyclic) bond motifs is 3. The largest absolute Gasteiger partial charge is 0.478 e. The molecular formula is C59H75N5O3S. The van der Waals surface area contributed by atoms with Crippen LogP contribution in [0.4, 0.5) is 0 Å². The monoisotopic (exact) mass is 934 g/mol. The molecule has 5 heterocycles. The molecule has 0 spiro atoms. The predicted octanol–water partition coefficient (Wildman–Crippen LogP) is 15.8. The van der Waals surface area contributed by atoms with Crippen molar-refractivity contribution < 1.29 is 14.7 Å². The molecule has 0 bridgehead atoms. The number of hydrogen-bond donors (Lipinski definition) is 2. The Labute approximate surface area is 409 Å². The van der Waals surface area contributed by atoms with E-state index in [2.05, 4.69) is 110 Å². The first-order valence-corrected chi connectivity index (χ1v) is 26.7. The Bertz CT molecular complexity index is 2890. The second kappa shape index (κ2) is 21.7. The SMILES string of the molecule is CC1(c2nc3ccc(C(=O)O)cc3[nH]2)CCCC1.CCCC1CCCN(CC)C1.CCCn1c(-c2ccc3nc(-c4cc(C)sc4C)ccc3c2C)c(C2CCCCC2)c2ccc(C(C)=O)cc21. The van der Waals surface area contributed by atoms with Gasteiger partial charge in [0.15, 0.2) is 5.78 Å². The van der Waals surface area contributed by atoms with Crippen molar-refractivity contribution in [2.24, 2.45) is 5.92 Å². The number of aryl methyl sites for hydroxylation is 4. The molecule has 3 aromatic carbocycles. The molecule has 8 nitrogen and oxygen atoms in total. The minimum Gasteiger partial charge on any atom is -0.478 e. The number of piperidine rings is 1. The van der Waals surface area contributed by atoms with E-state index in [0.29, 0.717) is 11.5 Å². The molecule has 360 valence electrons. The van der Waals surface area contributed by atoms with Gasteiger partial charge in [-0.05, 0) is 158 Å². The number of aromatic nitrogens is 4. The molecule has 1 unspecified atom stereocenters. The van der Waals surface area contributed by atoms with E-state index in [-0.39, 0.29) is 11.2 Å². The molecule has 2 saturated carbocycles. The number of thiophene rings is 1. The summed E-state index contributed by atoms with van der Waals surface area (Å²) in [5.74, 6) is 1.78. The fourth-order valence-electron chi connectivity index (χ4n) is 11.7. The van der Waals surface area contributed by atoms with Gasteiger partial charge in [-0.25, -0.2) is 14.8 Å². The summed E-state index contributed by atoms with van der Waals surface area (Å²) >= 11 is 1.83. The number of carbonyl (C=O) groups is 2. The number of carboxylic acid groups (broad SMARTS) is 1. The van der Waals surface area contributed by atoms with Crippen molar-refractivity contribution in [1.82, 2.24) is 24.4 Å². The number of hydrogen-bond acceptors (Lipinski definition) is 6. The summed E-state index contributed by atoms with van der Waals surface area (Å²) < 4.78 is 2.51. The second-order valence-electron chi connectivity index (χ2n) is 20.4. The van der Waals surface area contributed by atoms with Gasteiger partial charge in [0, 0.05) is 61.2 Å². The summed E-state index contributed by atoms with van der Waals surface area (Å²) in [6.45, 7) is 22.2. The number of carboxylic acids is 1. The number of pyridine rings is 1. The number of H-pyrrole nitrogens is 1. The van der Waals surface area contributed by atoms with Crippen LogP contribution in [-0.2, 0) is 12.0 Å². The van der Waals surface area contributed by atoms with Crippen LogP contribution in [-0.4, -0.2) is 60.9 Å². The fraction of sp³-hybridized carbons (Fsp3) is 0.492. The molecule has 2 aliphatic carbocycles. The van der Waals surface area contributed by atoms with Crippen molar-refractivity contribution in [1.29, 1.82) is 0 Å². The maximum absolute atomic E-state index is 12.4. The predicted molar refractivity (Wildman–Crippen MR) is 285 cm³/mol. The van der Waals surface area contributed by atoms with Crippen LogP contribution in [0, 0.1) is 26.7 Å². The molecule has 3 fully saturated rings. The van der Waals surface area contributed by atoms with E-state index in [1.54, 1.807) is 25.1 Å². The summed E-state index contributed by atoms with van der Waals surface area (Å²) in [6, 6.07) is 22.7. The molecule has 0 amide bonds. The first-order chi connectivity index (χ1) is 32.8. The van der Waals surface area contributed by atoms with Gasteiger partial charge in [0.25, 0.3) is 0 Å². The standard InChI is InChI=1S/C35H38N2OS.C14H16N2O2.C10H21N/c1-6-18-37-33-20-26(23(4)38)12-13-29(33)34(25-10-8-7-9-11-25)35(37)28-15-17-31-27(22(28)3)14-16-32(36-31)30-19-21(2)39-24(30)5;1-14(6-2-3-7-14)13-15-10-5-4-9(12(17)18)8-11(10)16-13;1-3-6-10-7-5-8-11(4-2)9-10/h12-17,19-20,25H,6-11,18H2,1-5H3;4-5,8H,2-3,6-7H2,1H3,(H,15,16)(H,17,18);10H,3-9H2,1-2H3. The number of Topliss-reactive ketones (excluding diaryl/α,β-unsaturated/α-hetero) is 1. The highest BCUT2D eigenvalue weighted by Gasteiger charge is 2.34. The Morgan fingerprint density at radius 1 is 0.794 bits per heavy atom. The zero-order chi connectivity index (χ0) is 48.1. The van der Waals surface area contributed by atoms with Gasteiger partial charge in [-0.2, -0.15) is 0 Å². The quantitative estimate of drug-likeness (QED) is 0.125. The van der Waals surface area contributed by atoms with Crippen LogP contribution in [0.25, 0.3) is 55.4 Å². The minimum atomic E-state index is -0.903. The van der Waals surface area contributed by atoms with Crippen LogP contribution >= 0.6 is 11.3 Å². The van der Waals surface area contributed by atoms with Gasteiger partial charge in [-0.3, -0.25) is 4.79 Å². The highest BCUT2D eigenvalue weighted by Crippen LogP contribution is 2.46. The van der Waals surface area contributed by atoms with Crippen LogP contribution in [0.2, 0.25) is 0 Å². The molecule has 68 heavy (non-hydrogen) atoms. The molecule has 2 N–H and O–H groups in total. The van der Waals surface area contributed by atoms with Gasteiger partial charge in [-0.1, -0.05) is 90.5 Å². The lowest BCUT2D eigenvalue weighted by Gasteiger charge is -2.31. The van der Waals surface area contributed by atoms with Gasteiger partial charge in [-0.15, -0.1) is 11.3 Å². The minimum absolute atomic E-state index is 0.127. The molecular weight excluding hydrogens is 859 g/mol. The highest BCUT2D eigenvalue weighted by atomic mass is 32.1. The van der Waals surface area contributed by atoms with E-state index in [1.165, 1.54) is 144 Å². The van der Waals surface area contributed by atoms with Crippen molar-refractivity contribution in [3.8, 4) is 22.5 Å². The molecule has 1 saturated heterocycles. The number of nitrogens with one attached hydrogen (secondary N) is 1. The lowest BCUT2D eigenvalue weighted by Crippen LogP contribution is -2.34. The average Bonchev–Trinajstić information content (AvgIpc) is 4.14. The van der Waals surface area contributed by atoms with Crippen molar-refractivity contribution in [2.75, 3.05) is 19.6 Å². The Morgan fingerprint density at radius 2 is 1.53 bits per heavy atom. The fourth-order valence-corrected chi connectivity index (χ4v) is 12.6. The van der Waals surface area contributed by atoms with Crippen LogP contribution in [0.15, 0.2) is 66.7 Å². The average molecular weight is 934 g/mol.